The molecule has 0 radical (unpaired) electrons. The van der Waals surface area contributed by atoms with Crippen LogP contribution in [0, 0.1) is 12.8 Å². The summed E-state index contributed by atoms with van der Waals surface area (Å²) in [6.45, 7) is 11.6. The minimum Gasteiger partial charge on any atom is -0.396 e. The van der Waals surface area contributed by atoms with Gasteiger partial charge in [-0.2, -0.15) is 0 Å². The van der Waals surface area contributed by atoms with E-state index >= 15 is 0 Å². The Hall–Kier alpha value is -2.95. The van der Waals surface area contributed by atoms with Gasteiger partial charge in [0.25, 0.3) is 0 Å². The molecule has 2 fully saturated rings. The number of benzene rings is 2. The quantitative estimate of drug-likeness (QED) is 0.242. The van der Waals surface area contributed by atoms with Crippen LogP contribution >= 0.6 is 11.6 Å². The van der Waals surface area contributed by atoms with Gasteiger partial charge in [-0.25, -0.2) is 8.42 Å². The molecule has 11 heteroatoms. The highest BCUT2D eigenvalue weighted by Crippen LogP contribution is 2.29. The first-order chi connectivity index (χ1) is 21.0. The number of hydrogen-bond acceptors (Lipinski definition) is 7. The van der Waals surface area contributed by atoms with Crippen LogP contribution in [0.5, 0.6) is 0 Å². The molecule has 0 unspecified atom stereocenters. The number of likely N-dealkylation sites (tertiary alicyclic amines) is 2. The lowest BCUT2D eigenvalue weighted by molar-refractivity contribution is -0.133. The highest BCUT2D eigenvalue weighted by molar-refractivity contribution is 7.92. The van der Waals surface area contributed by atoms with Crippen molar-refractivity contribution in [3.63, 3.8) is 0 Å². The van der Waals surface area contributed by atoms with Gasteiger partial charge in [-0.15, -0.1) is 0 Å². The molecule has 2 aromatic rings. The van der Waals surface area contributed by atoms with Crippen molar-refractivity contribution in [2.75, 3.05) is 50.8 Å². The maximum atomic E-state index is 13.7. The molecule has 240 valence electrons. The van der Waals surface area contributed by atoms with Gasteiger partial charge < -0.3 is 19.5 Å². The summed E-state index contributed by atoms with van der Waals surface area (Å²) < 4.78 is 26.8. The van der Waals surface area contributed by atoms with Gasteiger partial charge in [0.2, 0.25) is 11.8 Å². The number of oxime groups is 1. The Morgan fingerprint density at radius 2 is 1.66 bits per heavy atom. The van der Waals surface area contributed by atoms with Crippen LogP contribution in [-0.4, -0.2) is 86.9 Å². The number of nitrogens with zero attached hydrogens (tertiary/aromatic N) is 4. The van der Waals surface area contributed by atoms with E-state index < -0.39 is 15.1 Å². The fourth-order valence-electron chi connectivity index (χ4n) is 5.97. The molecular weight excluding hydrogens is 600 g/mol. The highest BCUT2D eigenvalue weighted by Gasteiger charge is 2.32. The smallest absolute Gasteiger partial charge is 0.230 e. The fourth-order valence-corrected chi connectivity index (χ4v) is 7.87. The highest BCUT2D eigenvalue weighted by atomic mass is 35.5. The Morgan fingerprint density at radius 1 is 1.00 bits per heavy atom. The van der Waals surface area contributed by atoms with Gasteiger partial charge in [0.15, 0.2) is 9.84 Å². The summed E-state index contributed by atoms with van der Waals surface area (Å²) in [5.41, 5.74) is 3.27. The lowest BCUT2D eigenvalue weighted by Gasteiger charge is -2.35. The van der Waals surface area contributed by atoms with Gasteiger partial charge in [-0.1, -0.05) is 35.0 Å². The van der Waals surface area contributed by atoms with Crippen LogP contribution in [0.15, 0.2) is 52.5 Å². The number of carbonyl (C=O) groups excluding carboxylic acids is 2. The van der Waals surface area contributed by atoms with Gasteiger partial charge in [-0.3, -0.25) is 9.59 Å². The maximum Gasteiger partial charge on any atom is 0.230 e. The minimum absolute atomic E-state index is 0.0472. The largest absolute Gasteiger partial charge is 0.396 e. The zero-order valence-electron chi connectivity index (χ0n) is 26.3. The van der Waals surface area contributed by atoms with Crippen LogP contribution in [0.3, 0.4) is 0 Å². The maximum absolute atomic E-state index is 13.7. The van der Waals surface area contributed by atoms with Crippen LogP contribution in [0.2, 0.25) is 5.02 Å². The van der Waals surface area contributed by atoms with E-state index in [1.165, 1.54) is 0 Å². The number of sulfone groups is 1. The molecule has 0 saturated carbocycles. The lowest BCUT2D eigenvalue weighted by atomic mass is 9.94. The normalized spacial score (nSPS) is 17.5. The number of hydrogen-bond donors (Lipinski definition) is 0. The summed E-state index contributed by atoms with van der Waals surface area (Å²) in [6.07, 6.45) is 3.20. The first-order valence-corrected chi connectivity index (χ1v) is 17.5. The summed E-state index contributed by atoms with van der Waals surface area (Å²) in [5, 5.41) is 4.23. The third kappa shape index (κ3) is 8.40. The molecule has 0 spiro atoms. The van der Waals surface area contributed by atoms with Crippen LogP contribution in [0.4, 0.5) is 5.69 Å². The van der Waals surface area contributed by atoms with E-state index in [0.717, 1.165) is 29.8 Å². The van der Waals surface area contributed by atoms with E-state index in [1.807, 2.05) is 43.9 Å². The Morgan fingerprint density at radius 3 is 2.25 bits per heavy atom. The Balaban J connectivity index is 1.33. The monoisotopic (exact) mass is 644 g/mol. The van der Waals surface area contributed by atoms with Gasteiger partial charge in [-0.05, 0) is 108 Å². The zero-order chi connectivity index (χ0) is 31.9. The Kier molecular flexibility index (Phi) is 11.8. The van der Waals surface area contributed by atoms with Crippen LogP contribution < -0.4 is 4.90 Å². The van der Waals surface area contributed by atoms with Crippen LogP contribution in [-0.2, 0) is 24.3 Å². The SMILES string of the molecule is CCON=C(C)c1ccc(S(=O)(=O)C2CCN(CCCN(C(=O)C3CCN(C(C)=O)CC3)c3ccc(C)c(Cl)c3)CC2)cc1. The molecule has 9 nitrogen and oxygen atoms in total. The van der Waals surface area contributed by atoms with Crippen molar-refractivity contribution in [2.24, 2.45) is 11.1 Å². The van der Waals surface area contributed by atoms with Gasteiger partial charge in [0, 0.05) is 43.2 Å². The second-order valence-corrected chi connectivity index (χ2v) is 14.4. The third-order valence-corrected chi connectivity index (χ3v) is 11.5. The number of rotatable bonds is 11. The van der Waals surface area contributed by atoms with Crippen molar-refractivity contribution >= 4 is 44.7 Å². The second-order valence-electron chi connectivity index (χ2n) is 11.8. The zero-order valence-corrected chi connectivity index (χ0v) is 27.9. The van der Waals surface area contributed by atoms with Crippen molar-refractivity contribution in [3.05, 3.63) is 58.6 Å². The number of amides is 2. The molecule has 0 atom stereocenters. The third-order valence-electron chi connectivity index (χ3n) is 8.78. The molecule has 2 aliphatic rings. The van der Waals surface area contributed by atoms with Crippen molar-refractivity contribution in [1.82, 2.24) is 9.80 Å². The molecule has 0 aliphatic carbocycles. The predicted molar refractivity (Wildman–Crippen MR) is 175 cm³/mol. The van der Waals surface area contributed by atoms with Crippen molar-refractivity contribution in [3.8, 4) is 0 Å². The predicted octanol–water partition coefficient (Wildman–Crippen LogP) is 5.33. The number of piperidine rings is 2. The molecule has 0 N–H and O–H groups in total. The van der Waals surface area contributed by atoms with E-state index in [-0.39, 0.29) is 17.7 Å². The molecule has 2 amide bonds. The van der Waals surface area contributed by atoms with Gasteiger partial charge in [0.1, 0.15) is 6.61 Å². The number of aryl methyl sites for hydroxylation is 1. The van der Waals surface area contributed by atoms with E-state index in [4.69, 9.17) is 16.4 Å². The van der Waals surface area contributed by atoms with E-state index in [0.29, 0.717) is 80.6 Å². The van der Waals surface area contributed by atoms with Gasteiger partial charge in [0.05, 0.1) is 15.9 Å². The Labute approximate surface area is 267 Å². The van der Waals surface area contributed by atoms with Crippen molar-refractivity contribution < 1.29 is 22.8 Å². The van der Waals surface area contributed by atoms with E-state index in [2.05, 4.69) is 10.1 Å². The fraction of sp³-hybridized carbons (Fsp3) is 0.545. The number of halogens is 1. The summed E-state index contributed by atoms with van der Waals surface area (Å²) >= 11 is 6.44. The van der Waals surface area contributed by atoms with Crippen molar-refractivity contribution in [2.45, 2.75) is 69.9 Å². The summed E-state index contributed by atoms with van der Waals surface area (Å²) in [7, 11) is -3.44. The van der Waals surface area contributed by atoms with E-state index in [1.54, 1.807) is 36.1 Å². The Bertz CT molecular complexity index is 1430. The molecule has 2 saturated heterocycles. The molecule has 4 rings (SSSR count). The minimum atomic E-state index is -3.44. The topological polar surface area (TPSA) is 99.6 Å². The summed E-state index contributed by atoms with van der Waals surface area (Å²) in [6, 6.07) is 12.6. The van der Waals surface area contributed by atoms with Crippen molar-refractivity contribution in [1.29, 1.82) is 0 Å². The molecule has 2 aliphatic heterocycles. The summed E-state index contributed by atoms with van der Waals surface area (Å²) in [5.74, 6) is -0.0178. The molecule has 0 aromatic heterocycles. The van der Waals surface area contributed by atoms with E-state index in [9.17, 15) is 18.0 Å². The van der Waals surface area contributed by atoms with Crippen LogP contribution in [0.1, 0.15) is 64.0 Å². The first kappa shape index (κ1) is 33.9. The molecule has 2 heterocycles. The second kappa shape index (κ2) is 15.4. The average molecular weight is 645 g/mol. The van der Waals surface area contributed by atoms with Gasteiger partial charge >= 0.3 is 0 Å². The first-order valence-electron chi connectivity index (χ1n) is 15.6. The molecule has 44 heavy (non-hydrogen) atoms. The average Bonchev–Trinajstić information content (AvgIpc) is 3.03. The standard InChI is InChI=1S/C33H45ClN4O5S/c1-5-43-35-25(3)27-8-11-30(12-9-27)44(41,42)31-15-19-36(20-16-31)17-6-18-38(29-10-7-24(2)32(34)23-29)33(40)28-13-21-37(22-14-28)26(4)39/h7-12,23,28,31H,5-6,13-22H2,1-4H3. The summed E-state index contributed by atoms with van der Waals surface area (Å²) in [4.78, 5) is 36.9. The number of carbonyl (C=O) groups is 2. The molecule has 0 bridgehead atoms. The molecule has 2 aromatic carbocycles. The number of anilines is 1. The van der Waals surface area contributed by atoms with Crippen LogP contribution in [0.25, 0.3) is 0 Å². The molecular formula is C33H45ClN4O5S. The lowest BCUT2D eigenvalue weighted by Crippen LogP contribution is -2.45.